The molecule has 1 aromatic heterocycles. The summed E-state index contributed by atoms with van der Waals surface area (Å²) >= 11 is 3.47. The lowest BCUT2D eigenvalue weighted by Gasteiger charge is -2.25. The Labute approximate surface area is 179 Å². The molecule has 1 aliphatic heterocycles. The van der Waals surface area contributed by atoms with Gasteiger partial charge in [-0.3, -0.25) is 9.59 Å². The van der Waals surface area contributed by atoms with Crippen LogP contribution >= 0.6 is 15.9 Å². The van der Waals surface area contributed by atoms with Gasteiger partial charge in [-0.2, -0.15) is 0 Å². The number of halogens is 2. The molecule has 0 saturated heterocycles. The van der Waals surface area contributed by atoms with Gasteiger partial charge in [-0.1, -0.05) is 52.3 Å². The number of carbonyl (C=O) groups excluding carboxylic acids is 1. The first-order valence-electron chi connectivity index (χ1n) is 9.39. The third kappa shape index (κ3) is 3.04. The minimum atomic E-state index is -0.601. The highest BCUT2D eigenvalue weighted by Gasteiger charge is 2.42. The van der Waals surface area contributed by atoms with Crippen molar-refractivity contribution in [2.45, 2.75) is 12.6 Å². The molecule has 3 aromatic carbocycles. The number of hydrogen-bond donors (Lipinski definition) is 0. The Balaban J connectivity index is 1.72. The fraction of sp³-hybridized carbons (Fsp3) is 0.0833. The molecule has 0 aliphatic carbocycles. The van der Waals surface area contributed by atoms with Crippen LogP contribution in [0.15, 0.2) is 86.5 Å². The number of fused-ring (bicyclic) bond motifs is 2. The molecular formula is C24H15BrFNO3. The van der Waals surface area contributed by atoms with Crippen LogP contribution in [-0.4, -0.2) is 10.8 Å². The van der Waals surface area contributed by atoms with Crippen LogP contribution in [-0.2, 0) is 6.54 Å². The molecule has 4 aromatic rings. The Morgan fingerprint density at radius 3 is 2.50 bits per heavy atom. The summed E-state index contributed by atoms with van der Waals surface area (Å²) in [4.78, 5) is 28.3. The molecule has 0 radical (unpaired) electrons. The summed E-state index contributed by atoms with van der Waals surface area (Å²) in [5.74, 6) is -0.644. The summed E-state index contributed by atoms with van der Waals surface area (Å²) in [6.07, 6.45) is 0. The number of para-hydroxylation sites is 1. The molecule has 0 saturated carbocycles. The average molecular weight is 464 g/mol. The van der Waals surface area contributed by atoms with Gasteiger partial charge in [0.05, 0.1) is 17.0 Å². The van der Waals surface area contributed by atoms with Crippen molar-refractivity contribution in [3.05, 3.63) is 116 Å². The fourth-order valence-corrected chi connectivity index (χ4v) is 4.36. The zero-order valence-corrected chi connectivity index (χ0v) is 17.2. The topological polar surface area (TPSA) is 50.5 Å². The van der Waals surface area contributed by atoms with E-state index in [0.29, 0.717) is 16.5 Å². The second-order valence-electron chi connectivity index (χ2n) is 7.19. The van der Waals surface area contributed by atoms with Crippen molar-refractivity contribution >= 4 is 32.8 Å². The van der Waals surface area contributed by atoms with Crippen LogP contribution < -0.4 is 5.43 Å². The van der Waals surface area contributed by atoms with E-state index in [9.17, 15) is 14.0 Å². The Morgan fingerprint density at radius 2 is 1.73 bits per heavy atom. The van der Waals surface area contributed by atoms with Crippen LogP contribution in [0.5, 0.6) is 0 Å². The zero-order chi connectivity index (χ0) is 20.8. The lowest BCUT2D eigenvalue weighted by atomic mass is 9.98. The minimum Gasteiger partial charge on any atom is -0.450 e. The average Bonchev–Trinajstić information content (AvgIpc) is 3.02. The van der Waals surface area contributed by atoms with E-state index < -0.39 is 6.04 Å². The van der Waals surface area contributed by atoms with Gasteiger partial charge in [-0.15, -0.1) is 0 Å². The predicted molar refractivity (Wildman–Crippen MR) is 115 cm³/mol. The number of rotatable bonds is 3. The lowest BCUT2D eigenvalue weighted by molar-refractivity contribution is 0.0714. The van der Waals surface area contributed by atoms with Gasteiger partial charge in [0.15, 0.2) is 5.43 Å². The van der Waals surface area contributed by atoms with E-state index in [0.717, 1.165) is 15.6 Å². The first-order chi connectivity index (χ1) is 14.5. The van der Waals surface area contributed by atoms with Crippen LogP contribution in [0.4, 0.5) is 4.39 Å². The highest BCUT2D eigenvalue weighted by molar-refractivity contribution is 9.10. The van der Waals surface area contributed by atoms with Crippen molar-refractivity contribution in [2.24, 2.45) is 0 Å². The molecule has 0 fully saturated rings. The highest BCUT2D eigenvalue weighted by atomic mass is 79.9. The van der Waals surface area contributed by atoms with Gasteiger partial charge in [0.25, 0.3) is 5.91 Å². The number of nitrogens with zero attached hydrogens (tertiary/aromatic N) is 1. The quantitative estimate of drug-likeness (QED) is 0.406. The van der Waals surface area contributed by atoms with Crippen LogP contribution in [0, 0.1) is 5.82 Å². The van der Waals surface area contributed by atoms with E-state index in [4.69, 9.17) is 4.42 Å². The summed E-state index contributed by atoms with van der Waals surface area (Å²) in [5.41, 5.74) is 2.05. The summed E-state index contributed by atoms with van der Waals surface area (Å²) < 4.78 is 20.1. The smallest absolute Gasteiger partial charge is 0.291 e. The molecular weight excluding hydrogens is 449 g/mol. The van der Waals surface area contributed by atoms with E-state index in [2.05, 4.69) is 15.9 Å². The summed E-state index contributed by atoms with van der Waals surface area (Å²) in [7, 11) is 0. The molecule has 2 heterocycles. The second kappa shape index (κ2) is 7.22. The standard InChI is InChI=1S/C24H15BrFNO3/c25-16-5-3-4-15(12-16)21-20-22(28)18-6-1-2-7-19(18)30-23(20)24(29)27(21)13-14-8-10-17(26)11-9-14/h1-12,21H,13H2. The Hall–Kier alpha value is -3.25. The van der Waals surface area contributed by atoms with Crippen LogP contribution in [0.2, 0.25) is 0 Å². The SMILES string of the molecule is O=C1c2oc3ccccc3c(=O)c2C(c2cccc(Br)c2)N1Cc1ccc(F)cc1. The molecule has 6 heteroatoms. The number of hydrogen-bond acceptors (Lipinski definition) is 3. The van der Waals surface area contributed by atoms with Crippen LogP contribution in [0.3, 0.4) is 0 Å². The molecule has 0 N–H and O–H groups in total. The van der Waals surface area contributed by atoms with Crippen molar-refractivity contribution in [3.63, 3.8) is 0 Å². The maximum Gasteiger partial charge on any atom is 0.291 e. The molecule has 0 bridgehead atoms. The minimum absolute atomic E-state index is 0.0609. The first kappa shape index (κ1) is 18.8. The van der Waals surface area contributed by atoms with Crippen molar-refractivity contribution in [3.8, 4) is 0 Å². The van der Waals surface area contributed by atoms with Crippen molar-refractivity contribution in [2.75, 3.05) is 0 Å². The largest absolute Gasteiger partial charge is 0.450 e. The Morgan fingerprint density at radius 1 is 0.967 bits per heavy atom. The van der Waals surface area contributed by atoms with Gasteiger partial charge in [0.1, 0.15) is 11.4 Å². The molecule has 5 rings (SSSR count). The van der Waals surface area contributed by atoms with Gasteiger partial charge in [-0.05, 0) is 47.5 Å². The van der Waals surface area contributed by atoms with Gasteiger partial charge < -0.3 is 9.32 Å². The predicted octanol–water partition coefficient (Wildman–Crippen LogP) is 5.44. The molecule has 1 aliphatic rings. The molecule has 4 nitrogen and oxygen atoms in total. The Bertz CT molecular complexity index is 1350. The molecule has 1 atom stereocenters. The third-order valence-corrected chi connectivity index (χ3v) is 5.80. The van der Waals surface area contributed by atoms with Gasteiger partial charge in [0.2, 0.25) is 5.76 Å². The second-order valence-corrected chi connectivity index (χ2v) is 8.10. The zero-order valence-electron chi connectivity index (χ0n) is 15.6. The maximum absolute atomic E-state index is 13.4. The van der Waals surface area contributed by atoms with E-state index in [-0.39, 0.29) is 29.5 Å². The fourth-order valence-electron chi connectivity index (χ4n) is 3.94. The van der Waals surface area contributed by atoms with Gasteiger partial charge in [-0.25, -0.2) is 4.39 Å². The lowest BCUT2D eigenvalue weighted by Crippen LogP contribution is -2.29. The Kier molecular flexibility index (Phi) is 4.51. The van der Waals surface area contributed by atoms with Crippen molar-refractivity contribution < 1.29 is 13.6 Å². The first-order valence-corrected chi connectivity index (χ1v) is 10.2. The molecule has 30 heavy (non-hydrogen) atoms. The van der Waals surface area contributed by atoms with Crippen LogP contribution in [0.25, 0.3) is 11.0 Å². The molecule has 148 valence electrons. The van der Waals surface area contributed by atoms with Gasteiger partial charge >= 0.3 is 0 Å². The van der Waals surface area contributed by atoms with E-state index in [1.54, 1.807) is 41.3 Å². The normalized spacial score (nSPS) is 15.6. The molecule has 1 amide bonds. The summed E-state index contributed by atoms with van der Waals surface area (Å²) in [6.45, 7) is 0.219. The highest BCUT2D eigenvalue weighted by Crippen LogP contribution is 2.39. The van der Waals surface area contributed by atoms with Crippen LogP contribution in [0.1, 0.15) is 33.3 Å². The summed E-state index contributed by atoms with van der Waals surface area (Å²) in [5, 5.41) is 0.438. The summed E-state index contributed by atoms with van der Waals surface area (Å²) in [6, 6.07) is 19.8. The van der Waals surface area contributed by atoms with E-state index >= 15 is 0 Å². The number of carbonyl (C=O) groups is 1. The van der Waals surface area contributed by atoms with Crippen molar-refractivity contribution in [1.82, 2.24) is 4.90 Å². The van der Waals surface area contributed by atoms with E-state index in [1.807, 2.05) is 24.3 Å². The monoisotopic (exact) mass is 463 g/mol. The molecule has 0 spiro atoms. The number of benzene rings is 3. The molecule has 1 unspecified atom stereocenters. The van der Waals surface area contributed by atoms with Gasteiger partial charge in [0, 0.05) is 11.0 Å². The third-order valence-electron chi connectivity index (χ3n) is 5.30. The number of amides is 1. The van der Waals surface area contributed by atoms with Crippen molar-refractivity contribution in [1.29, 1.82) is 0 Å². The maximum atomic E-state index is 13.4. The van der Waals surface area contributed by atoms with E-state index in [1.165, 1.54) is 12.1 Å².